The highest BCUT2D eigenvalue weighted by Gasteiger charge is 2.18. The van der Waals surface area contributed by atoms with E-state index in [-0.39, 0.29) is 5.95 Å². The third kappa shape index (κ3) is 2.13. The summed E-state index contributed by atoms with van der Waals surface area (Å²) >= 11 is 0. The molecule has 0 aliphatic carbocycles. The van der Waals surface area contributed by atoms with Gasteiger partial charge in [-0.25, -0.2) is 0 Å². The summed E-state index contributed by atoms with van der Waals surface area (Å²) in [6.45, 7) is 4.03. The molecular weight excluding hydrogens is 231 g/mol. The molecule has 0 saturated carbocycles. The molecule has 17 heavy (non-hydrogen) atoms. The molecule has 1 aliphatic heterocycles. The molecule has 0 N–H and O–H groups in total. The highest BCUT2D eigenvalue weighted by molar-refractivity contribution is 7.48. The van der Waals surface area contributed by atoms with Crippen LogP contribution in [0.2, 0.25) is 0 Å². The van der Waals surface area contributed by atoms with Crippen LogP contribution in [-0.4, -0.2) is 12.4 Å². The molecule has 0 unspecified atom stereocenters. The van der Waals surface area contributed by atoms with Gasteiger partial charge < -0.3 is 9.84 Å². The number of methoxy groups -OCH3 is 1. The van der Waals surface area contributed by atoms with E-state index in [9.17, 15) is 5.11 Å². The van der Waals surface area contributed by atoms with Crippen molar-refractivity contribution >= 4 is 13.5 Å². The first-order valence-corrected chi connectivity index (χ1v) is 6.32. The van der Waals surface area contributed by atoms with E-state index < -0.39 is 0 Å². The molecule has 0 bridgehead atoms. The van der Waals surface area contributed by atoms with Crippen molar-refractivity contribution in [2.24, 2.45) is 0 Å². The average Bonchev–Trinajstić information content (AvgIpc) is 2.67. The fourth-order valence-electron chi connectivity index (χ4n) is 1.81. The Balaban J connectivity index is 2.53. The molecule has 2 rings (SSSR count). The molecule has 1 aromatic rings. The van der Waals surface area contributed by atoms with Crippen LogP contribution in [-0.2, 0) is 4.74 Å². The molecule has 0 amide bonds. The number of hydrogen-bond donors (Lipinski definition) is 0. The Hall–Kier alpha value is -1.53. The fraction of sp³-hybridized carbons (Fsp3) is 0.214. The van der Waals surface area contributed by atoms with Crippen LogP contribution in [0.5, 0.6) is 0 Å². The second-order valence-corrected chi connectivity index (χ2v) is 5.03. The summed E-state index contributed by atoms with van der Waals surface area (Å²) in [5, 5.41) is 13.6. The minimum absolute atomic E-state index is 0.227. The summed E-state index contributed by atoms with van der Waals surface area (Å²) in [5.74, 6) is -0.227. The predicted molar refractivity (Wildman–Crippen MR) is 69.9 cm³/mol. The molecule has 1 heterocycles. The second kappa shape index (κ2) is 4.77. The molecule has 0 radical (unpaired) electrons. The van der Waals surface area contributed by atoms with Gasteiger partial charge in [-0.15, -0.1) is 0 Å². The lowest BCUT2D eigenvalue weighted by Gasteiger charge is -2.12. The van der Waals surface area contributed by atoms with Crippen molar-refractivity contribution in [3.63, 3.8) is 0 Å². The zero-order valence-electron chi connectivity index (χ0n) is 10.2. The van der Waals surface area contributed by atoms with E-state index in [2.05, 4.69) is 19.1 Å². The summed E-state index contributed by atoms with van der Waals surface area (Å²) < 4.78 is 4.81. The van der Waals surface area contributed by atoms with Crippen molar-refractivity contribution in [3.8, 4) is 0 Å². The smallest absolute Gasteiger partial charge is 0.0634 e. The minimum atomic E-state index is -0.227. The van der Waals surface area contributed by atoms with Gasteiger partial charge in [-0.1, -0.05) is 38.5 Å². The molecule has 0 saturated heterocycles. The van der Waals surface area contributed by atoms with Gasteiger partial charge in [0.25, 0.3) is 0 Å². The van der Waals surface area contributed by atoms with Crippen LogP contribution in [0.3, 0.4) is 0 Å². The Morgan fingerprint density at radius 2 is 1.76 bits per heavy atom. The highest BCUT2D eigenvalue weighted by Crippen LogP contribution is 2.38. The van der Waals surface area contributed by atoms with E-state index >= 15 is 0 Å². The van der Waals surface area contributed by atoms with Gasteiger partial charge in [0.1, 0.15) is 0 Å². The second-order valence-electron chi connectivity index (χ2n) is 3.92. The summed E-state index contributed by atoms with van der Waals surface area (Å²) in [6.07, 6.45) is 0. The van der Waals surface area contributed by atoms with Crippen molar-refractivity contribution in [1.29, 1.82) is 0 Å². The van der Waals surface area contributed by atoms with Crippen LogP contribution in [0.25, 0.3) is 0 Å². The third-order valence-corrected chi connectivity index (χ3v) is 4.48. The molecule has 2 nitrogen and oxygen atoms in total. The van der Waals surface area contributed by atoms with Crippen LogP contribution in [0, 0.1) is 0 Å². The monoisotopic (exact) mass is 245 g/mol. The van der Waals surface area contributed by atoms with E-state index in [1.807, 2.05) is 25.1 Å². The molecule has 0 fully saturated rings. The maximum Gasteiger partial charge on any atom is 0.0634 e. The van der Waals surface area contributed by atoms with Gasteiger partial charge in [-0.3, -0.25) is 0 Å². The SMILES string of the molecule is COC([O-])=C1P=C(c2ccccc2)C(C)=C1C. The van der Waals surface area contributed by atoms with E-state index in [0.29, 0.717) is 0 Å². The average molecular weight is 245 g/mol. The van der Waals surface area contributed by atoms with Gasteiger partial charge in [0.05, 0.1) is 5.95 Å². The lowest BCUT2D eigenvalue weighted by molar-refractivity contribution is -0.353. The van der Waals surface area contributed by atoms with E-state index in [0.717, 1.165) is 19.1 Å². The largest absolute Gasteiger partial charge is 0.616 e. The minimum Gasteiger partial charge on any atom is -0.616 e. The molecule has 0 atom stereocenters. The first kappa shape index (κ1) is 11.9. The van der Waals surface area contributed by atoms with Crippen molar-refractivity contribution in [1.82, 2.24) is 0 Å². The third-order valence-electron chi connectivity index (χ3n) is 2.92. The van der Waals surface area contributed by atoms with Crippen LogP contribution in [0.15, 0.2) is 52.7 Å². The molecule has 3 heteroatoms. The number of allylic oxidation sites excluding steroid dienone is 3. The quantitative estimate of drug-likeness (QED) is 0.592. The lowest BCUT2D eigenvalue weighted by atomic mass is 10.0. The molecule has 1 aromatic carbocycles. The van der Waals surface area contributed by atoms with Crippen LogP contribution < -0.4 is 5.11 Å². The molecular formula is C14H14O2P-. The predicted octanol–water partition coefficient (Wildman–Crippen LogP) is 2.68. The van der Waals surface area contributed by atoms with Crippen molar-refractivity contribution < 1.29 is 9.84 Å². The number of ether oxygens (including phenoxy) is 1. The maximum absolute atomic E-state index is 11.6. The Morgan fingerprint density at radius 1 is 1.12 bits per heavy atom. The van der Waals surface area contributed by atoms with Gasteiger partial charge in [-0.2, -0.15) is 0 Å². The number of rotatable bonds is 2. The van der Waals surface area contributed by atoms with Gasteiger partial charge in [0.2, 0.25) is 0 Å². The molecule has 0 spiro atoms. The van der Waals surface area contributed by atoms with E-state index in [4.69, 9.17) is 4.74 Å². The first-order valence-electron chi connectivity index (χ1n) is 5.42. The molecule has 1 aliphatic rings. The fourth-order valence-corrected chi connectivity index (χ4v) is 3.16. The Kier molecular flexibility index (Phi) is 3.35. The Bertz CT molecular complexity index is 524. The van der Waals surface area contributed by atoms with Gasteiger partial charge >= 0.3 is 0 Å². The maximum atomic E-state index is 11.6. The first-order chi connectivity index (χ1) is 8.15. The number of hydrogen-bond acceptors (Lipinski definition) is 2. The van der Waals surface area contributed by atoms with Crippen molar-refractivity contribution in [2.75, 3.05) is 7.11 Å². The standard InChI is InChI=1S/C14H15O2P/c1-9-10(2)13(14(15)16-3)17-12(9)11-7-5-4-6-8-11/h4-8,15H,1-3H3/p-1. The molecule has 88 valence electrons. The summed E-state index contributed by atoms with van der Waals surface area (Å²) in [6, 6.07) is 10.2. The van der Waals surface area contributed by atoms with E-state index in [1.54, 1.807) is 0 Å². The summed E-state index contributed by atoms with van der Waals surface area (Å²) in [4.78, 5) is 0. The summed E-state index contributed by atoms with van der Waals surface area (Å²) in [5.41, 5.74) is 3.39. The zero-order chi connectivity index (χ0) is 12.4. The van der Waals surface area contributed by atoms with E-state index in [1.165, 1.54) is 23.5 Å². The zero-order valence-corrected chi connectivity index (χ0v) is 11.0. The van der Waals surface area contributed by atoms with Crippen molar-refractivity contribution in [2.45, 2.75) is 13.8 Å². The Labute approximate surface area is 103 Å². The van der Waals surface area contributed by atoms with Crippen LogP contribution in [0.1, 0.15) is 19.4 Å². The molecule has 0 aromatic heterocycles. The van der Waals surface area contributed by atoms with Gasteiger partial charge in [0.15, 0.2) is 0 Å². The topological polar surface area (TPSA) is 32.3 Å². The summed E-state index contributed by atoms with van der Waals surface area (Å²) in [7, 11) is 2.37. The van der Waals surface area contributed by atoms with Gasteiger partial charge in [0, 0.05) is 10.6 Å². The normalized spacial score (nSPS) is 19.1. The van der Waals surface area contributed by atoms with Gasteiger partial charge in [-0.05, 0) is 37.7 Å². The van der Waals surface area contributed by atoms with Crippen LogP contribution in [0.4, 0.5) is 0 Å². The van der Waals surface area contributed by atoms with Crippen molar-refractivity contribution in [3.05, 3.63) is 58.3 Å². The number of benzene rings is 1. The Morgan fingerprint density at radius 3 is 2.35 bits per heavy atom. The van der Waals surface area contributed by atoms with Crippen LogP contribution >= 0.6 is 8.20 Å². The lowest BCUT2D eigenvalue weighted by Crippen LogP contribution is -2.07. The highest BCUT2D eigenvalue weighted by atomic mass is 31.1.